The quantitative estimate of drug-likeness (QED) is 0.554. The van der Waals surface area contributed by atoms with E-state index in [0.29, 0.717) is 31.5 Å². The molecule has 106 valence electrons. The fourth-order valence-electron chi connectivity index (χ4n) is 1.37. The zero-order valence-electron chi connectivity index (χ0n) is 11.3. The van der Waals surface area contributed by atoms with Crippen molar-refractivity contribution in [1.29, 1.82) is 0 Å². The second-order valence-electron chi connectivity index (χ2n) is 3.80. The number of carbonyl (C=O) groups is 1. The number of unbranched alkanes of at least 4 members (excludes halogenated alkanes) is 1. The smallest absolute Gasteiger partial charge is 0.323 e. The summed E-state index contributed by atoms with van der Waals surface area (Å²) in [5.74, 6) is 0.608. The topological polar surface area (TPSA) is 115 Å². The molecule has 0 bridgehead atoms. The van der Waals surface area contributed by atoms with E-state index in [9.17, 15) is 4.79 Å². The van der Waals surface area contributed by atoms with Crippen LogP contribution in [0, 0.1) is 0 Å². The Balaban J connectivity index is 2.47. The summed E-state index contributed by atoms with van der Waals surface area (Å²) in [6.45, 7) is 3.01. The Labute approximate surface area is 112 Å². The molecule has 0 aliphatic carbocycles. The van der Waals surface area contributed by atoms with E-state index in [1.807, 2.05) is 6.92 Å². The zero-order valence-corrected chi connectivity index (χ0v) is 11.3. The maximum atomic E-state index is 10.6. The molecule has 1 rings (SSSR count). The summed E-state index contributed by atoms with van der Waals surface area (Å²) < 4.78 is 5.24. The predicted molar refractivity (Wildman–Crippen MR) is 72.1 cm³/mol. The highest BCUT2D eigenvalue weighted by atomic mass is 16.5. The lowest BCUT2D eigenvalue weighted by molar-refractivity contribution is -0.118. The summed E-state index contributed by atoms with van der Waals surface area (Å²) in [6.07, 6.45) is 1.95. The minimum Gasteiger partial charge on any atom is -0.464 e. The van der Waals surface area contributed by atoms with Crippen molar-refractivity contribution in [2.45, 2.75) is 26.2 Å². The first kappa shape index (κ1) is 14.9. The van der Waals surface area contributed by atoms with E-state index >= 15 is 0 Å². The molecule has 0 atom stereocenters. The minimum atomic E-state index is -0.281. The van der Waals surface area contributed by atoms with Crippen LogP contribution in [0.2, 0.25) is 0 Å². The van der Waals surface area contributed by atoms with E-state index in [2.05, 4.69) is 25.6 Å². The number of nitrogens with zero attached hydrogens (tertiary/aromatic N) is 3. The van der Waals surface area contributed by atoms with Gasteiger partial charge in [0.15, 0.2) is 0 Å². The molecule has 0 aromatic carbocycles. The number of amides is 1. The third-order valence-corrected chi connectivity index (χ3v) is 2.25. The maximum Gasteiger partial charge on any atom is 0.323 e. The molecular weight excluding hydrogens is 248 g/mol. The van der Waals surface area contributed by atoms with Crippen LogP contribution in [0.25, 0.3) is 0 Å². The van der Waals surface area contributed by atoms with Crippen LogP contribution in [0.15, 0.2) is 0 Å². The minimum absolute atomic E-state index is 0.279. The Bertz CT molecular complexity index is 412. The first-order chi connectivity index (χ1) is 9.15. The average molecular weight is 268 g/mol. The molecule has 0 spiro atoms. The highest BCUT2D eigenvalue weighted by molar-refractivity contribution is 5.73. The molecule has 1 amide bonds. The van der Waals surface area contributed by atoms with Gasteiger partial charge >= 0.3 is 6.01 Å². The third kappa shape index (κ3) is 5.84. The number of primary amides is 1. The Morgan fingerprint density at radius 1 is 1.26 bits per heavy atom. The first-order valence-electron chi connectivity index (χ1n) is 6.24. The second-order valence-corrected chi connectivity index (χ2v) is 3.80. The lowest BCUT2D eigenvalue weighted by atomic mass is 10.2. The standard InChI is InChI=1S/C11H20N6O2/c1-3-19-11-16-9(13-2)15-10(17-11)14-7-5-4-6-8(12)18/h3-7H2,1-2H3,(H2,12,18)(H2,13,14,15,16,17). The molecule has 0 saturated heterocycles. The molecule has 0 unspecified atom stereocenters. The Morgan fingerprint density at radius 3 is 2.63 bits per heavy atom. The average Bonchev–Trinajstić information content (AvgIpc) is 2.38. The summed E-state index contributed by atoms with van der Waals surface area (Å²) in [5, 5.41) is 5.90. The van der Waals surface area contributed by atoms with Gasteiger partial charge in [0.25, 0.3) is 0 Å². The largest absolute Gasteiger partial charge is 0.464 e. The molecule has 0 aliphatic rings. The maximum absolute atomic E-state index is 10.6. The lowest BCUT2D eigenvalue weighted by Gasteiger charge is -2.08. The van der Waals surface area contributed by atoms with Crippen molar-refractivity contribution >= 4 is 17.8 Å². The Hall–Kier alpha value is -2.12. The molecule has 0 fully saturated rings. The number of aromatic nitrogens is 3. The normalized spacial score (nSPS) is 10.0. The van der Waals surface area contributed by atoms with Gasteiger partial charge in [-0.25, -0.2) is 0 Å². The molecule has 0 aliphatic heterocycles. The van der Waals surface area contributed by atoms with Crippen molar-refractivity contribution in [2.75, 3.05) is 30.8 Å². The van der Waals surface area contributed by atoms with E-state index in [0.717, 1.165) is 12.8 Å². The molecule has 19 heavy (non-hydrogen) atoms. The second kappa shape index (κ2) is 8.06. The molecule has 8 heteroatoms. The number of nitrogens with two attached hydrogens (primary N) is 1. The van der Waals surface area contributed by atoms with Crippen LogP contribution in [-0.4, -0.2) is 41.1 Å². The molecule has 1 aromatic rings. The van der Waals surface area contributed by atoms with E-state index in [1.54, 1.807) is 7.05 Å². The van der Waals surface area contributed by atoms with E-state index < -0.39 is 0 Å². The van der Waals surface area contributed by atoms with Gasteiger partial charge < -0.3 is 21.1 Å². The lowest BCUT2D eigenvalue weighted by Crippen LogP contribution is -2.12. The summed E-state index contributed by atoms with van der Waals surface area (Å²) in [7, 11) is 1.72. The van der Waals surface area contributed by atoms with Gasteiger partial charge in [-0.05, 0) is 19.8 Å². The Morgan fingerprint density at radius 2 is 2.00 bits per heavy atom. The van der Waals surface area contributed by atoms with Gasteiger partial charge in [0.2, 0.25) is 17.8 Å². The fourth-order valence-corrected chi connectivity index (χ4v) is 1.37. The van der Waals surface area contributed by atoms with Gasteiger partial charge in [0.1, 0.15) is 0 Å². The number of carbonyl (C=O) groups excluding carboxylic acids is 1. The van der Waals surface area contributed by atoms with Gasteiger partial charge in [-0.2, -0.15) is 15.0 Å². The van der Waals surface area contributed by atoms with Gasteiger partial charge in [-0.1, -0.05) is 0 Å². The number of nitrogens with one attached hydrogen (secondary N) is 2. The molecule has 8 nitrogen and oxygen atoms in total. The Kier molecular flexibility index (Phi) is 6.34. The summed E-state index contributed by atoms with van der Waals surface area (Å²) in [6, 6.07) is 0.279. The van der Waals surface area contributed by atoms with Crippen LogP contribution < -0.4 is 21.1 Å². The number of ether oxygens (including phenoxy) is 1. The van der Waals surface area contributed by atoms with E-state index in [1.165, 1.54) is 0 Å². The van der Waals surface area contributed by atoms with Crippen molar-refractivity contribution in [3.8, 4) is 6.01 Å². The number of hydrogen-bond donors (Lipinski definition) is 3. The van der Waals surface area contributed by atoms with Crippen molar-refractivity contribution in [3.63, 3.8) is 0 Å². The van der Waals surface area contributed by atoms with Gasteiger partial charge in [-0.15, -0.1) is 0 Å². The number of hydrogen-bond acceptors (Lipinski definition) is 7. The monoisotopic (exact) mass is 268 g/mol. The van der Waals surface area contributed by atoms with Crippen LogP contribution in [0.3, 0.4) is 0 Å². The van der Waals surface area contributed by atoms with Crippen LogP contribution >= 0.6 is 0 Å². The summed E-state index contributed by atoms with van der Waals surface area (Å²) in [5.41, 5.74) is 5.06. The van der Waals surface area contributed by atoms with Gasteiger partial charge in [0, 0.05) is 20.0 Å². The van der Waals surface area contributed by atoms with E-state index in [4.69, 9.17) is 10.5 Å². The fraction of sp³-hybridized carbons (Fsp3) is 0.636. The number of anilines is 2. The zero-order chi connectivity index (χ0) is 14.1. The van der Waals surface area contributed by atoms with Gasteiger partial charge in [0.05, 0.1) is 6.61 Å². The van der Waals surface area contributed by atoms with Crippen LogP contribution in [-0.2, 0) is 4.79 Å². The first-order valence-corrected chi connectivity index (χ1v) is 6.24. The summed E-state index contributed by atoms with van der Waals surface area (Å²) >= 11 is 0. The third-order valence-electron chi connectivity index (χ3n) is 2.25. The molecular formula is C11H20N6O2. The highest BCUT2D eigenvalue weighted by Crippen LogP contribution is 2.10. The van der Waals surface area contributed by atoms with Crippen molar-refractivity contribution in [1.82, 2.24) is 15.0 Å². The van der Waals surface area contributed by atoms with E-state index in [-0.39, 0.29) is 11.9 Å². The predicted octanol–water partition coefficient (Wildman–Crippen LogP) is 0.380. The van der Waals surface area contributed by atoms with Crippen LogP contribution in [0.4, 0.5) is 11.9 Å². The SMILES string of the molecule is CCOc1nc(NC)nc(NCCCCC(N)=O)n1. The van der Waals surface area contributed by atoms with Gasteiger partial charge in [-0.3, -0.25) is 4.79 Å². The van der Waals surface area contributed by atoms with Crippen LogP contribution in [0.5, 0.6) is 6.01 Å². The van der Waals surface area contributed by atoms with Crippen molar-refractivity contribution in [3.05, 3.63) is 0 Å². The highest BCUT2D eigenvalue weighted by Gasteiger charge is 2.05. The van der Waals surface area contributed by atoms with Crippen LogP contribution in [0.1, 0.15) is 26.2 Å². The molecule has 1 heterocycles. The molecule has 0 saturated carbocycles. The van der Waals surface area contributed by atoms with Crippen molar-refractivity contribution in [2.24, 2.45) is 5.73 Å². The molecule has 4 N–H and O–H groups in total. The summed E-state index contributed by atoms with van der Waals surface area (Å²) in [4.78, 5) is 22.9. The molecule has 1 aromatic heterocycles. The number of rotatable bonds is 9. The van der Waals surface area contributed by atoms with Crippen molar-refractivity contribution < 1.29 is 9.53 Å². The molecule has 0 radical (unpaired) electrons.